The fraction of sp³-hybridized carbons (Fsp3) is 0.526. The minimum Gasteiger partial charge on any atom is -0.459 e. The molecule has 1 aromatic carbocycles. The van der Waals surface area contributed by atoms with E-state index in [0.29, 0.717) is 24.8 Å². The first-order valence-electron chi connectivity index (χ1n) is 8.01. The Morgan fingerprint density at radius 1 is 1.26 bits per heavy atom. The number of nitriles is 1. The van der Waals surface area contributed by atoms with Gasteiger partial charge in [0.05, 0.1) is 6.07 Å². The maximum Gasteiger partial charge on any atom is 0.331 e. The second-order valence-electron chi connectivity index (χ2n) is 7.12. The molecule has 1 aliphatic carbocycles. The van der Waals surface area contributed by atoms with Crippen LogP contribution < -0.4 is 0 Å². The van der Waals surface area contributed by atoms with E-state index in [1.807, 2.05) is 6.07 Å². The summed E-state index contributed by atoms with van der Waals surface area (Å²) in [6.07, 6.45) is 2.17. The molecular weight excluding hydrogens is 290 g/mol. The molecule has 23 heavy (non-hydrogen) atoms. The molecule has 2 rings (SSSR count). The van der Waals surface area contributed by atoms with Gasteiger partial charge in [0.15, 0.2) is 5.41 Å². The Morgan fingerprint density at radius 2 is 1.91 bits per heavy atom. The average molecular weight is 313 g/mol. The number of ether oxygens (including phenoxy) is 1. The van der Waals surface area contributed by atoms with Crippen molar-refractivity contribution in [1.82, 2.24) is 0 Å². The molecule has 0 bridgehead atoms. The predicted octanol–water partition coefficient (Wildman–Crippen LogP) is 3.55. The van der Waals surface area contributed by atoms with E-state index in [1.165, 1.54) is 0 Å². The zero-order chi connectivity index (χ0) is 17.1. The van der Waals surface area contributed by atoms with Gasteiger partial charge in [0.1, 0.15) is 11.4 Å². The molecule has 0 amide bonds. The molecule has 1 aromatic rings. The summed E-state index contributed by atoms with van der Waals surface area (Å²) in [5.74, 6) is -0.787. The Labute approximate surface area is 137 Å². The zero-order valence-electron chi connectivity index (χ0n) is 14.0. The molecule has 1 saturated carbocycles. The molecule has 0 aliphatic heterocycles. The summed E-state index contributed by atoms with van der Waals surface area (Å²) < 4.78 is 5.56. The number of benzene rings is 1. The first-order chi connectivity index (χ1) is 10.8. The Morgan fingerprint density at radius 3 is 2.43 bits per heavy atom. The molecule has 2 unspecified atom stereocenters. The van der Waals surface area contributed by atoms with Gasteiger partial charge >= 0.3 is 5.97 Å². The molecule has 0 saturated heterocycles. The Kier molecular flexibility index (Phi) is 4.89. The van der Waals surface area contributed by atoms with Crippen LogP contribution in [0.5, 0.6) is 0 Å². The van der Waals surface area contributed by atoms with E-state index >= 15 is 0 Å². The standard InChI is InChI=1S/C19H23NO3/c1-18(2,3)23-17(22)19(13-20,14-8-5-4-6-9-14)15-10-7-11-16(21)12-15/h4-6,8-9,15H,7,10-12H2,1-3H3. The van der Waals surface area contributed by atoms with Crippen LogP contribution >= 0.6 is 0 Å². The fourth-order valence-corrected chi connectivity index (χ4v) is 3.18. The van der Waals surface area contributed by atoms with Crippen molar-refractivity contribution >= 4 is 11.8 Å². The van der Waals surface area contributed by atoms with Crippen LogP contribution in [0.3, 0.4) is 0 Å². The first-order valence-corrected chi connectivity index (χ1v) is 8.01. The molecule has 122 valence electrons. The zero-order valence-corrected chi connectivity index (χ0v) is 14.0. The molecule has 0 N–H and O–H groups in total. The summed E-state index contributed by atoms with van der Waals surface area (Å²) in [5.41, 5.74) is -1.51. The van der Waals surface area contributed by atoms with Crippen LogP contribution in [0.4, 0.5) is 0 Å². The van der Waals surface area contributed by atoms with Gasteiger partial charge in [-0.15, -0.1) is 0 Å². The third kappa shape index (κ3) is 3.61. The van der Waals surface area contributed by atoms with E-state index in [0.717, 1.165) is 0 Å². The minimum atomic E-state index is -1.43. The van der Waals surface area contributed by atoms with Gasteiger partial charge in [-0.25, -0.2) is 4.79 Å². The largest absolute Gasteiger partial charge is 0.459 e. The Bertz CT molecular complexity index is 624. The normalized spacial score (nSPS) is 21.1. The number of hydrogen-bond donors (Lipinski definition) is 0. The van der Waals surface area contributed by atoms with E-state index in [2.05, 4.69) is 6.07 Å². The van der Waals surface area contributed by atoms with E-state index in [-0.39, 0.29) is 18.1 Å². The van der Waals surface area contributed by atoms with E-state index in [4.69, 9.17) is 4.74 Å². The van der Waals surface area contributed by atoms with Gasteiger partial charge in [-0.3, -0.25) is 4.79 Å². The Hall–Kier alpha value is -2.15. The van der Waals surface area contributed by atoms with Crippen molar-refractivity contribution < 1.29 is 14.3 Å². The third-order valence-electron chi connectivity index (χ3n) is 4.22. The lowest BCUT2D eigenvalue weighted by Gasteiger charge is -2.37. The molecule has 1 fully saturated rings. The lowest BCUT2D eigenvalue weighted by molar-refractivity contribution is -0.162. The predicted molar refractivity (Wildman–Crippen MR) is 86.5 cm³/mol. The van der Waals surface area contributed by atoms with Gasteiger partial charge in [0.2, 0.25) is 0 Å². The first kappa shape index (κ1) is 17.2. The third-order valence-corrected chi connectivity index (χ3v) is 4.22. The van der Waals surface area contributed by atoms with Crippen molar-refractivity contribution in [2.75, 3.05) is 0 Å². The number of carbonyl (C=O) groups is 2. The number of carbonyl (C=O) groups excluding carboxylic acids is 2. The van der Waals surface area contributed by atoms with Crippen molar-refractivity contribution in [1.29, 1.82) is 5.26 Å². The topological polar surface area (TPSA) is 67.2 Å². The average Bonchev–Trinajstić information content (AvgIpc) is 2.48. The maximum absolute atomic E-state index is 13.0. The van der Waals surface area contributed by atoms with E-state index < -0.39 is 17.0 Å². The highest BCUT2D eigenvalue weighted by molar-refractivity contribution is 5.89. The molecule has 0 heterocycles. The van der Waals surface area contributed by atoms with Gasteiger partial charge in [0.25, 0.3) is 0 Å². The van der Waals surface area contributed by atoms with Gasteiger partial charge in [-0.1, -0.05) is 30.3 Å². The molecule has 0 spiro atoms. The SMILES string of the molecule is CC(C)(C)OC(=O)C(C#N)(c1ccccc1)C1CCCC(=O)C1. The summed E-state index contributed by atoms with van der Waals surface area (Å²) in [6, 6.07) is 11.2. The van der Waals surface area contributed by atoms with Gasteiger partial charge in [-0.05, 0) is 45.1 Å². The summed E-state index contributed by atoms with van der Waals surface area (Å²) in [7, 11) is 0. The van der Waals surface area contributed by atoms with Crippen LogP contribution in [0.25, 0.3) is 0 Å². The number of rotatable bonds is 3. The molecule has 0 aromatic heterocycles. The fourth-order valence-electron chi connectivity index (χ4n) is 3.18. The van der Waals surface area contributed by atoms with E-state index in [1.54, 1.807) is 45.0 Å². The smallest absolute Gasteiger partial charge is 0.331 e. The van der Waals surface area contributed by atoms with Crippen LogP contribution in [0, 0.1) is 17.2 Å². The van der Waals surface area contributed by atoms with Gasteiger partial charge < -0.3 is 4.74 Å². The molecule has 0 radical (unpaired) electrons. The van der Waals surface area contributed by atoms with Gasteiger partial charge in [0, 0.05) is 12.8 Å². The highest BCUT2D eigenvalue weighted by Crippen LogP contribution is 2.41. The Balaban J connectivity index is 2.51. The lowest BCUT2D eigenvalue weighted by Crippen LogP contribution is -2.47. The van der Waals surface area contributed by atoms with Crippen molar-refractivity contribution in [2.45, 2.75) is 57.5 Å². The van der Waals surface area contributed by atoms with Crippen LogP contribution in [-0.4, -0.2) is 17.4 Å². The lowest BCUT2D eigenvalue weighted by atomic mass is 9.65. The second kappa shape index (κ2) is 6.54. The number of nitrogens with zero attached hydrogens (tertiary/aromatic N) is 1. The molecular formula is C19H23NO3. The number of Topliss-reactive ketones (excluding diaryl/α,β-unsaturated/α-hetero) is 1. The van der Waals surface area contributed by atoms with E-state index in [9.17, 15) is 14.9 Å². The van der Waals surface area contributed by atoms with Crippen molar-refractivity contribution in [3.8, 4) is 6.07 Å². The highest BCUT2D eigenvalue weighted by atomic mass is 16.6. The van der Waals surface area contributed by atoms with Crippen LogP contribution in [-0.2, 0) is 19.7 Å². The molecule has 4 heteroatoms. The minimum absolute atomic E-state index is 0.111. The summed E-state index contributed by atoms with van der Waals surface area (Å²) >= 11 is 0. The highest BCUT2D eigenvalue weighted by Gasteiger charge is 2.51. The van der Waals surface area contributed by atoms with Crippen molar-refractivity contribution in [2.24, 2.45) is 5.92 Å². The van der Waals surface area contributed by atoms with Crippen LogP contribution in [0.15, 0.2) is 30.3 Å². The second-order valence-corrected chi connectivity index (χ2v) is 7.12. The summed E-state index contributed by atoms with van der Waals surface area (Å²) in [4.78, 5) is 24.9. The van der Waals surface area contributed by atoms with Crippen molar-refractivity contribution in [3.63, 3.8) is 0 Å². The van der Waals surface area contributed by atoms with Crippen molar-refractivity contribution in [3.05, 3.63) is 35.9 Å². The molecule has 2 atom stereocenters. The van der Waals surface area contributed by atoms with Crippen LogP contribution in [0.2, 0.25) is 0 Å². The summed E-state index contributed by atoms with van der Waals surface area (Å²) in [6.45, 7) is 5.35. The number of esters is 1. The van der Waals surface area contributed by atoms with Crippen LogP contribution in [0.1, 0.15) is 52.0 Å². The molecule has 4 nitrogen and oxygen atoms in total. The number of hydrogen-bond acceptors (Lipinski definition) is 4. The number of ketones is 1. The monoisotopic (exact) mass is 313 g/mol. The quantitative estimate of drug-likeness (QED) is 0.800. The summed E-state index contributed by atoms with van der Waals surface area (Å²) in [5, 5.41) is 9.97. The molecule has 1 aliphatic rings. The maximum atomic E-state index is 13.0. The van der Waals surface area contributed by atoms with Gasteiger partial charge in [-0.2, -0.15) is 5.26 Å².